The van der Waals surface area contributed by atoms with Gasteiger partial charge in [0.25, 0.3) is 0 Å². The number of benzene rings is 2. The predicted molar refractivity (Wildman–Crippen MR) is 112 cm³/mol. The molecule has 2 aromatic carbocycles. The first-order chi connectivity index (χ1) is 13.8. The molecule has 0 saturated carbocycles. The molecule has 0 radical (unpaired) electrons. The molecule has 2 aromatic rings. The van der Waals surface area contributed by atoms with Crippen molar-refractivity contribution in [2.75, 3.05) is 27.2 Å². The average Bonchev–Trinajstić information content (AvgIpc) is 2.75. The van der Waals surface area contributed by atoms with Gasteiger partial charge in [0.1, 0.15) is 5.75 Å². The fourth-order valence-corrected chi connectivity index (χ4v) is 5.16. The van der Waals surface area contributed by atoms with Gasteiger partial charge in [-0.05, 0) is 54.8 Å². The van der Waals surface area contributed by atoms with Crippen LogP contribution >= 0.6 is 11.6 Å². The monoisotopic (exact) mass is 436 g/mol. The summed E-state index contributed by atoms with van der Waals surface area (Å²) in [5, 5.41) is 0.648. The molecule has 0 bridgehead atoms. The normalized spacial score (nSPS) is 17.7. The molecule has 1 fully saturated rings. The molecule has 1 saturated heterocycles. The minimum atomic E-state index is -3.65. The third-order valence-corrected chi connectivity index (χ3v) is 7.27. The molecule has 1 aliphatic rings. The molecule has 8 heteroatoms. The van der Waals surface area contributed by atoms with Crippen molar-refractivity contribution < 1.29 is 17.9 Å². The summed E-state index contributed by atoms with van der Waals surface area (Å²) in [6.45, 7) is 1.06. The van der Waals surface area contributed by atoms with Gasteiger partial charge in [0.05, 0.1) is 17.9 Å². The van der Waals surface area contributed by atoms with E-state index in [9.17, 15) is 13.2 Å². The largest absolute Gasteiger partial charge is 0.497 e. The summed E-state index contributed by atoms with van der Waals surface area (Å²) >= 11 is 5.91. The van der Waals surface area contributed by atoms with Gasteiger partial charge in [0.15, 0.2) is 0 Å². The molecule has 1 atom stereocenters. The van der Waals surface area contributed by atoms with E-state index in [2.05, 4.69) is 0 Å². The number of rotatable bonds is 6. The number of methoxy groups -OCH3 is 1. The predicted octanol–water partition coefficient (Wildman–Crippen LogP) is 3.41. The molecular weight excluding hydrogens is 412 g/mol. The number of piperidine rings is 1. The maximum absolute atomic E-state index is 13.0. The molecule has 1 aliphatic heterocycles. The van der Waals surface area contributed by atoms with Crippen molar-refractivity contribution in [1.82, 2.24) is 9.21 Å². The minimum absolute atomic E-state index is 0.0467. The van der Waals surface area contributed by atoms with E-state index in [4.69, 9.17) is 16.3 Å². The molecule has 0 aromatic heterocycles. The van der Waals surface area contributed by atoms with E-state index in [0.717, 1.165) is 5.56 Å². The number of carbonyl (C=O) groups is 1. The van der Waals surface area contributed by atoms with Gasteiger partial charge >= 0.3 is 0 Å². The number of amides is 1. The van der Waals surface area contributed by atoms with Crippen molar-refractivity contribution in [3.8, 4) is 5.75 Å². The van der Waals surface area contributed by atoms with Crippen molar-refractivity contribution in [3.63, 3.8) is 0 Å². The van der Waals surface area contributed by atoms with Crippen molar-refractivity contribution in [2.24, 2.45) is 5.92 Å². The highest BCUT2D eigenvalue weighted by Crippen LogP contribution is 2.26. The summed E-state index contributed by atoms with van der Waals surface area (Å²) in [5.74, 6) is 0.197. The summed E-state index contributed by atoms with van der Waals surface area (Å²) in [6.07, 6.45) is 1.33. The van der Waals surface area contributed by atoms with Crippen LogP contribution in [0.2, 0.25) is 5.02 Å². The Labute approximate surface area is 177 Å². The first-order valence-corrected chi connectivity index (χ1v) is 11.3. The number of carbonyl (C=O) groups excluding carboxylic acids is 1. The molecular formula is C21H25ClN2O4S. The topological polar surface area (TPSA) is 66.9 Å². The van der Waals surface area contributed by atoms with Crippen LogP contribution in [0.3, 0.4) is 0 Å². The van der Waals surface area contributed by atoms with Crippen molar-refractivity contribution >= 4 is 27.5 Å². The fraction of sp³-hybridized carbons (Fsp3) is 0.381. The van der Waals surface area contributed by atoms with Gasteiger partial charge in [0, 0.05) is 31.7 Å². The van der Waals surface area contributed by atoms with E-state index < -0.39 is 10.0 Å². The highest BCUT2D eigenvalue weighted by Gasteiger charge is 2.34. The lowest BCUT2D eigenvalue weighted by molar-refractivity contribution is -0.135. The molecule has 0 spiro atoms. The molecule has 3 rings (SSSR count). The van der Waals surface area contributed by atoms with E-state index in [1.54, 1.807) is 36.2 Å². The number of hydrogen-bond acceptors (Lipinski definition) is 4. The summed E-state index contributed by atoms with van der Waals surface area (Å²) in [7, 11) is -0.374. The molecule has 0 unspecified atom stereocenters. The van der Waals surface area contributed by atoms with Gasteiger partial charge in [0.2, 0.25) is 15.9 Å². The average molecular weight is 437 g/mol. The van der Waals surface area contributed by atoms with Crippen LogP contribution in [0.25, 0.3) is 0 Å². The van der Waals surface area contributed by atoms with Gasteiger partial charge in [-0.1, -0.05) is 23.7 Å². The molecule has 6 nitrogen and oxygen atoms in total. The second-order valence-corrected chi connectivity index (χ2v) is 9.57. The van der Waals surface area contributed by atoms with Gasteiger partial charge in [-0.15, -0.1) is 0 Å². The lowest BCUT2D eigenvalue weighted by atomic mass is 9.98. The maximum atomic E-state index is 13.0. The molecule has 0 aliphatic carbocycles. The van der Waals surface area contributed by atoms with Crippen LogP contribution in [0.1, 0.15) is 18.4 Å². The van der Waals surface area contributed by atoms with E-state index in [1.165, 1.54) is 23.5 Å². The summed E-state index contributed by atoms with van der Waals surface area (Å²) in [4.78, 5) is 14.8. The maximum Gasteiger partial charge on any atom is 0.243 e. The second-order valence-electron chi connectivity index (χ2n) is 7.20. The number of nitrogens with zero attached hydrogens (tertiary/aromatic N) is 2. The van der Waals surface area contributed by atoms with E-state index in [-0.39, 0.29) is 23.3 Å². The van der Waals surface area contributed by atoms with Crippen molar-refractivity contribution in [3.05, 3.63) is 59.1 Å². The van der Waals surface area contributed by atoms with Gasteiger partial charge in [-0.2, -0.15) is 4.31 Å². The Kier molecular flexibility index (Phi) is 6.82. The van der Waals surface area contributed by atoms with Crippen molar-refractivity contribution in [2.45, 2.75) is 24.3 Å². The van der Waals surface area contributed by atoms with Crippen LogP contribution in [-0.2, 0) is 21.4 Å². The molecule has 0 N–H and O–H groups in total. The van der Waals surface area contributed by atoms with E-state index in [1.807, 2.05) is 12.1 Å². The Hall–Kier alpha value is -2.09. The smallest absolute Gasteiger partial charge is 0.243 e. The van der Waals surface area contributed by atoms with Gasteiger partial charge in [-0.25, -0.2) is 8.42 Å². The molecule has 29 heavy (non-hydrogen) atoms. The molecule has 1 heterocycles. The SMILES string of the molecule is COc1ccc(S(=O)(=O)N2CCC[C@H](C(=O)N(C)Cc3ccc(Cl)cc3)C2)cc1. The number of sulfonamides is 1. The Bertz CT molecular complexity index is 946. The molecule has 1 amide bonds. The Morgan fingerprint density at radius 2 is 1.83 bits per heavy atom. The van der Waals surface area contributed by atoms with E-state index in [0.29, 0.717) is 36.7 Å². The number of halogens is 1. The summed E-state index contributed by atoms with van der Waals surface area (Å²) < 4.78 is 32.5. The highest BCUT2D eigenvalue weighted by molar-refractivity contribution is 7.89. The zero-order valence-electron chi connectivity index (χ0n) is 16.5. The van der Waals surface area contributed by atoms with Crippen LogP contribution in [0.5, 0.6) is 5.75 Å². The zero-order chi connectivity index (χ0) is 21.0. The lowest BCUT2D eigenvalue weighted by Gasteiger charge is -2.33. The summed E-state index contributed by atoms with van der Waals surface area (Å²) in [5.41, 5.74) is 0.976. The first-order valence-electron chi connectivity index (χ1n) is 9.45. The number of hydrogen-bond donors (Lipinski definition) is 0. The van der Waals surface area contributed by atoms with Crippen LogP contribution in [-0.4, -0.2) is 50.8 Å². The molecule has 156 valence electrons. The van der Waals surface area contributed by atoms with Crippen molar-refractivity contribution in [1.29, 1.82) is 0 Å². The van der Waals surface area contributed by atoms with Crippen LogP contribution in [0.4, 0.5) is 0 Å². The summed E-state index contributed by atoms with van der Waals surface area (Å²) in [6, 6.07) is 13.7. The second kappa shape index (κ2) is 9.15. The fourth-order valence-electron chi connectivity index (χ4n) is 3.51. The Morgan fingerprint density at radius 1 is 1.17 bits per heavy atom. The third kappa shape index (κ3) is 5.10. The first kappa shape index (κ1) is 21.6. The zero-order valence-corrected chi connectivity index (χ0v) is 18.1. The van der Waals surface area contributed by atoms with Crippen LogP contribution < -0.4 is 4.74 Å². The minimum Gasteiger partial charge on any atom is -0.497 e. The van der Waals surface area contributed by atoms with E-state index >= 15 is 0 Å². The van der Waals surface area contributed by atoms with Crippen LogP contribution in [0.15, 0.2) is 53.4 Å². The Morgan fingerprint density at radius 3 is 2.45 bits per heavy atom. The van der Waals surface area contributed by atoms with Gasteiger partial charge in [-0.3, -0.25) is 4.79 Å². The highest BCUT2D eigenvalue weighted by atomic mass is 35.5. The third-order valence-electron chi connectivity index (χ3n) is 5.14. The quantitative estimate of drug-likeness (QED) is 0.696. The lowest BCUT2D eigenvalue weighted by Crippen LogP contribution is -2.45. The van der Waals surface area contributed by atoms with Gasteiger partial charge < -0.3 is 9.64 Å². The Balaban J connectivity index is 1.68. The standard InChI is InChI=1S/C21H25ClN2O4S/c1-23(14-16-5-7-18(22)8-6-16)21(25)17-4-3-13-24(15-17)29(26,27)20-11-9-19(28-2)10-12-20/h5-12,17H,3-4,13-15H2,1-2H3/t17-/m0/s1. The van der Waals surface area contributed by atoms with Crippen LogP contribution in [0, 0.1) is 5.92 Å². The number of ether oxygens (including phenoxy) is 1.